The predicted octanol–water partition coefficient (Wildman–Crippen LogP) is 2.21. The summed E-state index contributed by atoms with van der Waals surface area (Å²) in [4.78, 5) is 2.18. The Morgan fingerprint density at radius 2 is 1.94 bits per heavy atom. The van der Waals surface area contributed by atoms with Crippen molar-refractivity contribution in [1.29, 1.82) is 0 Å². The number of nitrogens with zero attached hydrogens (tertiary/aromatic N) is 1. The lowest BCUT2D eigenvalue weighted by molar-refractivity contribution is 0.174. The van der Waals surface area contributed by atoms with Gasteiger partial charge in [-0.25, -0.2) is 0 Å². The molecular weight excluding hydrogens is 218 g/mol. The average molecular weight is 237 g/mol. The summed E-state index contributed by atoms with van der Waals surface area (Å²) in [6.07, 6.45) is 0. The molecule has 1 aromatic rings. The Bertz CT molecular complexity index is 404. The average Bonchev–Trinajstić information content (AvgIpc) is 2.63. The minimum absolute atomic E-state index is 0.236. The molecule has 94 valence electrons. The van der Waals surface area contributed by atoms with Crippen LogP contribution in [0.4, 0.5) is 0 Å². The number of hydrogen-bond donors (Lipinski definition) is 1. The van der Waals surface area contributed by atoms with E-state index >= 15 is 0 Å². The highest BCUT2D eigenvalue weighted by Crippen LogP contribution is 2.37. The molecule has 0 amide bonds. The fourth-order valence-electron chi connectivity index (χ4n) is 2.08. The highest BCUT2D eigenvalue weighted by Gasteiger charge is 2.17. The maximum absolute atomic E-state index is 9.90. The van der Waals surface area contributed by atoms with Gasteiger partial charge in [0.1, 0.15) is 5.75 Å². The van der Waals surface area contributed by atoms with Gasteiger partial charge in [0.05, 0.1) is 0 Å². The Morgan fingerprint density at radius 3 is 2.59 bits per heavy atom. The van der Waals surface area contributed by atoms with E-state index in [-0.39, 0.29) is 12.5 Å². The van der Waals surface area contributed by atoms with E-state index in [4.69, 9.17) is 9.47 Å². The first-order valence-corrected chi connectivity index (χ1v) is 5.86. The van der Waals surface area contributed by atoms with E-state index in [2.05, 4.69) is 18.7 Å². The van der Waals surface area contributed by atoms with Crippen LogP contribution in [0.2, 0.25) is 0 Å². The van der Waals surface area contributed by atoms with Crippen molar-refractivity contribution < 1.29 is 14.6 Å². The largest absolute Gasteiger partial charge is 0.507 e. The summed E-state index contributed by atoms with van der Waals surface area (Å²) in [6.45, 7) is 6.29. The Morgan fingerprint density at radius 1 is 1.29 bits per heavy atom. The summed E-state index contributed by atoms with van der Waals surface area (Å²) >= 11 is 0. The number of rotatable bonds is 4. The monoisotopic (exact) mass is 237 g/mol. The molecule has 4 heteroatoms. The molecule has 1 heterocycles. The third kappa shape index (κ3) is 2.82. The molecule has 1 aliphatic heterocycles. The molecule has 0 atom stereocenters. The third-order valence-electron chi connectivity index (χ3n) is 2.69. The zero-order chi connectivity index (χ0) is 12.4. The second kappa shape index (κ2) is 4.84. The highest BCUT2D eigenvalue weighted by molar-refractivity contribution is 5.51. The van der Waals surface area contributed by atoms with E-state index in [1.54, 1.807) is 6.07 Å². The van der Waals surface area contributed by atoms with Crippen LogP contribution in [0.1, 0.15) is 19.4 Å². The first-order chi connectivity index (χ1) is 8.06. The molecule has 0 saturated carbocycles. The first-order valence-electron chi connectivity index (χ1n) is 5.86. The minimum atomic E-state index is 0.236. The molecule has 1 aliphatic rings. The van der Waals surface area contributed by atoms with Crippen molar-refractivity contribution in [2.75, 3.05) is 20.4 Å². The Balaban J connectivity index is 2.11. The van der Waals surface area contributed by atoms with Gasteiger partial charge in [0.15, 0.2) is 11.5 Å². The molecule has 0 aliphatic carbocycles. The number of phenolic OH excluding ortho intramolecular Hbond substituents is 1. The van der Waals surface area contributed by atoms with Crippen molar-refractivity contribution >= 4 is 0 Å². The van der Waals surface area contributed by atoms with Crippen molar-refractivity contribution in [2.24, 2.45) is 5.92 Å². The van der Waals surface area contributed by atoms with E-state index in [0.29, 0.717) is 18.2 Å². The molecule has 1 aromatic carbocycles. The molecule has 2 rings (SSSR count). The summed E-state index contributed by atoms with van der Waals surface area (Å²) in [5.74, 6) is 2.22. The van der Waals surface area contributed by atoms with Crippen molar-refractivity contribution in [2.45, 2.75) is 20.4 Å². The fraction of sp³-hybridized carbons (Fsp3) is 0.538. The van der Waals surface area contributed by atoms with Gasteiger partial charge in [-0.3, -0.25) is 0 Å². The molecule has 0 aromatic heterocycles. The van der Waals surface area contributed by atoms with Crippen molar-refractivity contribution in [1.82, 2.24) is 4.90 Å². The molecule has 4 nitrogen and oxygen atoms in total. The molecule has 17 heavy (non-hydrogen) atoms. The normalized spacial score (nSPS) is 13.7. The van der Waals surface area contributed by atoms with Crippen LogP contribution in [0.3, 0.4) is 0 Å². The quantitative estimate of drug-likeness (QED) is 0.871. The van der Waals surface area contributed by atoms with Crippen LogP contribution < -0.4 is 9.47 Å². The topological polar surface area (TPSA) is 41.9 Å². The van der Waals surface area contributed by atoms with Crippen molar-refractivity contribution in [3.63, 3.8) is 0 Å². The van der Waals surface area contributed by atoms with Gasteiger partial charge in [0, 0.05) is 24.7 Å². The zero-order valence-electron chi connectivity index (χ0n) is 10.6. The Kier molecular flexibility index (Phi) is 3.43. The number of ether oxygens (including phenoxy) is 2. The molecule has 1 N–H and O–H groups in total. The van der Waals surface area contributed by atoms with Crippen LogP contribution in [0.25, 0.3) is 0 Å². The number of hydrogen-bond acceptors (Lipinski definition) is 4. The predicted molar refractivity (Wildman–Crippen MR) is 65.4 cm³/mol. The summed E-state index contributed by atoms with van der Waals surface area (Å²) in [5, 5.41) is 9.90. The van der Waals surface area contributed by atoms with E-state index < -0.39 is 0 Å². The molecule has 0 bridgehead atoms. The van der Waals surface area contributed by atoms with Crippen molar-refractivity contribution in [3.05, 3.63) is 17.7 Å². The third-order valence-corrected chi connectivity index (χ3v) is 2.69. The zero-order valence-corrected chi connectivity index (χ0v) is 10.6. The van der Waals surface area contributed by atoms with Crippen LogP contribution in [0.5, 0.6) is 17.2 Å². The minimum Gasteiger partial charge on any atom is -0.507 e. The summed E-state index contributed by atoms with van der Waals surface area (Å²) in [5.41, 5.74) is 0.873. The summed E-state index contributed by atoms with van der Waals surface area (Å²) < 4.78 is 10.5. The van der Waals surface area contributed by atoms with E-state index in [1.165, 1.54) is 0 Å². The maximum Gasteiger partial charge on any atom is 0.231 e. The standard InChI is InChI=1S/C13H19NO3/c1-9(2)6-14(3)7-10-4-12-13(5-11(10)15)17-8-16-12/h4-5,9,15H,6-8H2,1-3H3. The number of phenols is 1. The molecule has 0 saturated heterocycles. The van der Waals surface area contributed by atoms with Gasteiger partial charge in [-0.05, 0) is 19.0 Å². The Hall–Kier alpha value is -1.42. The molecular formula is C13H19NO3. The Labute approximate surface area is 102 Å². The lowest BCUT2D eigenvalue weighted by Gasteiger charge is -2.19. The van der Waals surface area contributed by atoms with Gasteiger partial charge < -0.3 is 19.5 Å². The van der Waals surface area contributed by atoms with E-state index in [1.807, 2.05) is 13.1 Å². The SMILES string of the molecule is CC(C)CN(C)Cc1cc2c(cc1O)OCO2. The summed E-state index contributed by atoms with van der Waals surface area (Å²) in [6, 6.07) is 3.48. The smallest absolute Gasteiger partial charge is 0.231 e. The van der Waals surface area contributed by atoms with Gasteiger partial charge >= 0.3 is 0 Å². The van der Waals surface area contributed by atoms with Crippen LogP contribution in [-0.4, -0.2) is 30.4 Å². The van der Waals surface area contributed by atoms with Crippen LogP contribution in [-0.2, 0) is 6.54 Å². The van der Waals surface area contributed by atoms with Gasteiger partial charge in [-0.2, -0.15) is 0 Å². The lowest BCUT2D eigenvalue weighted by atomic mass is 10.1. The van der Waals surface area contributed by atoms with Gasteiger partial charge in [0.25, 0.3) is 0 Å². The van der Waals surface area contributed by atoms with E-state index in [9.17, 15) is 5.11 Å². The fourth-order valence-corrected chi connectivity index (χ4v) is 2.08. The molecule has 0 spiro atoms. The van der Waals surface area contributed by atoms with Gasteiger partial charge in [-0.1, -0.05) is 13.8 Å². The second-order valence-electron chi connectivity index (χ2n) is 4.92. The summed E-state index contributed by atoms with van der Waals surface area (Å²) in [7, 11) is 2.05. The lowest BCUT2D eigenvalue weighted by Crippen LogP contribution is -2.22. The van der Waals surface area contributed by atoms with Gasteiger partial charge in [-0.15, -0.1) is 0 Å². The molecule has 0 fully saturated rings. The van der Waals surface area contributed by atoms with Crippen LogP contribution >= 0.6 is 0 Å². The number of aromatic hydroxyl groups is 1. The van der Waals surface area contributed by atoms with Crippen LogP contribution in [0.15, 0.2) is 12.1 Å². The van der Waals surface area contributed by atoms with Gasteiger partial charge in [0.2, 0.25) is 6.79 Å². The van der Waals surface area contributed by atoms with Crippen molar-refractivity contribution in [3.8, 4) is 17.2 Å². The maximum atomic E-state index is 9.90. The number of fused-ring (bicyclic) bond motifs is 1. The first kappa shape index (κ1) is 12.0. The molecule has 0 unspecified atom stereocenters. The molecule has 0 radical (unpaired) electrons. The van der Waals surface area contributed by atoms with E-state index in [0.717, 1.165) is 17.9 Å². The van der Waals surface area contributed by atoms with Crippen LogP contribution in [0, 0.1) is 5.92 Å². The highest BCUT2D eigenvalue weighted by atomic mass is 16.7. The second-order valence-corrected chi connectivity index (χ2v) is 4.92. The number of benzene rings is 1.